The molecule has 0 fully saturated rings. The number of carbonyl (C=O) groups excluding carboxylic acids is 2. The van der Waals surface area contributed by atoms with E-state index in [0.29, 0.717) is 12.7 Å². The number of hydrogen-bond donors (Lipinski definition) is 0. The molecular weight excluding hydrogens is 364 g/mol. The zero-order chi connectivity index (χ0) is 17.7. The van der Waals surface area contributed by atoms with Gasteiger partial charge in [0.15, 0.2) is 6.29 Å². The number of Topliss-reactive ketones (excluding diaryl/α,β-unsaturated/α-hetero) is 1. The van der Waals surface area contributed by atoms with Crippen molar-refractivity contribution in [2.75, 3.05) is 0 Å². The average molecular weight is 395 g/mol. The summed E-state index contributed by atoms with van der Waals surface area (Å²) in [5, 5.41) is 0. The van der Waals surface area contributed by atoms with Crippen LogP contribution in [0.4, 0.5) is 0 Å². The molecule has 1 aromatic carbocycles. The van der Waals surface area contributed by atoms with Crippen molar-refractivity contribution in [3.8, 4) is 0 Å². The highest BCUT2D eigenvalue weighted by Crippen LogP contribution is 2.31. The summed E-state index contributed by atoms with van der Waals surface area (Å²) in [7, 11) is 0. The van der Waals surface area contributed by atoms with Crippen LogP contribution in [-0.4, -0.2) is 16.4 Å². The van der Waals surface area contributed by atoms with Crippen LogP contribution in [0.5, 0.6) is 0 Å². The Morgan fingerprint density at radius 3 is 2.04 bits per heavy atom. The number of unbranched alkanes of at least 4 members (excludes halogenated alkanes) is 8. The Kier molecular flexibility index (Phi) is 10.9. The summed E-state index contributed by atoms with van der Waals surface area (Å²) in [6.45, 7) is 2.24. The zero-order valence-corrected chi connectivity index (χ0v) is 16.5. The predicted molar refractivity (Wildman–Crippen MR) is 105 cm³/mol. The number of ketones is 1. The fourth-order valence-electron chi connectivity index (χ4n) is 3.04. The second-order valence-corrected chi connectivity index (χ2v) is 8.21. The van der Waals surface area contributed by atoms with Crippen molar-refractivity contribution < 1.29 is 9.59 Å². The first-order valence-electron chi connectivity index (χ1n) is 9.35. The standard InChI is InChI=1S/C21H31BrO2/c1-2-3-4-5-6-7-8-9-13-16-21(22,20(24)18-23)17-19-14-11-10-12-15-19/h10-12,14-15,18H,2-9,13,16-17H2,1H3. The van der Waals surface area contributed by atoms with Gasteiger partial charge in [0.25, 0.3) is 0 Å². The molecule has 0 aliphatic carbocycles. The van der Waals surface area contributed by atoms with Crippen LogP contribution in [-0.2, 0) is 16.0 Å². The summed E-state index contributed by atoms with van der Waals surface area (Å²) < 4.78 is -0.739. The van der Waals surface area contributed by atoms with Crippen LogP contribution in [0.25, 0.3) is 0 Å². The van der Waals surface area contributed by atoms with E-state index in [-0.39, 0.29) is 5.78 Å². The lowest BCUT2D eigenvalue weighted by Crippen LogP contribution is -2.35. The number of aldehydes is 1. The third kappa shape index (κ3) is 8.23. The summed E-state index contributed by atoms with van der Waals surface area (Å²) >= 11 is 3.58. The van der Waals surface area contributed by atoms with E-state index in [1.165, 1.54) is 44.9 Å². The molecule has 0 radical (unpaired) electrons. The van der Waals surface area contributed by atoms with Crippen LogP contribution in [0.2, 0.25) is 0 Å². The number of rotatable bonds is 14. The van der Waals surface area contributed by atoms with E-state index in [1.807, 2.05) is 30.3 Å². The van der Waals surface area contributed by atoms with Gasteiger partial charge in [-0.3, -0.25) is 9.59 Å². The van der Waals surface area contributed by atoms with E-state index in [9.17, 15) is 9.59 Å². The van der Waals surface area contributed by atoms with Crippen LogP contribution in [0.1, 0.15) is 76.7 Å². The lowest BCUT2D eigenvalue weighted by atomic mass is 9.90. The van der Waals surface area contributed by atoms with Gasteiger partial charge in [-0.15, -0.1) is 0 Å². The van der Waals surface area contributed by atoms with Gasteiger partial charge in [-0.1, -0.05) is 111 Å². The van der Waals surface area contributed by atoms with Gasteiger partial charge in [0.05, 0.1) is 4.32 Å². The second kappa shape index (κ2) is 12.4. The molecule has 2 nitrogen and oxygen atoms in total. The Labute approximate surface area is 155 Å². The Morgan fingerprint density at radius 2 is 1.50 bits per heavy atom. The van der Waals surface area contributed by atoms with E-state index in [4.69, 9.17) is 0 Å². The summed E-state index contributed by atoms with van der Waals surface area (Å²) in [6, 6.07) is 9.90. The topological polar surface area (TPSA) is 34.1 Å². The fraction of sp³-hybridized carbons (Fsp3) is 0.619. The Balaban J connectivity index is 2.33. The molecule has 0 amide bonds. The van der Waals surface area contributed by atoms with Crippen molar-refractivity contribution in [3.05, 3.63) is 35.9 Å². The molecule has 0 heterocycles. The summed E-state index contributed by atoms with van der Waals surface area (Å²) in [6.07, 6.45) is 13.0. The van der Waals surface area contributed by atoms with Crippen molar-refractivity contribution >= 4 is 28.0 Å². The molecule has 1 rings (SSSR count). The molecule has 0 aromatic heterocycles. The highest BCUT2D eigenvalue weighted by atomic mass is 79.9. The lowest BCUT2D eigenvalue weighted by molar-refractivity contribution is -0.131. The van der Waals surface area contributed by atoms with Crippen molar-refractivity contribution in [1.82, 2.24) is 0 Å². The van der Waals surface area contributed by atoms with Gasteiger partial charge in [0.1, 0.15) is 0 Å². The Morgan fingerprint density at radius 1 is 0.958 bits per heavy atom. The van der Waals surface area contributed by atoms with E-state index in [2.05, 4.69) is 22.9 Å². The van der Waals surface area contributed by atoms with Gasteiger partial charge >= 0.3 is 0 Å². The minimum atomic E-state index is -0.739. The first-order valence-corrected chi connectivity index (χ1v) is 10.1. The number of halogens is 1. The third-order valence-corrected chi connectivity index (χ3v) is 5.62. The lowest BCUT2D eigenvalue weighted by Gasteiger charge is -2.24. The minimum absolute atomic E-state index is 0.342. The van der Waals surface area contributed by atoms with Crippen molar-refractivity contribution in [2.45, 2.75) is 81.9 Å². The largest absolute Gasteiger partial charge is 0.295 e. The van der Waals surface area contributed by atoms with Crippen LogP contribution < -0.4 is 0 Å². The first-order chi connectivity index (χ1) is 11.6. The molecule has 0 bridgehead atoms. The third-order valence-electron chi connectivity index (χ3n) is 4.55. The monoisotopic (exact) mass is 394 g/mol. The number of carbonyl (C=O) groups is 2. The van der Waals surface area contributed by atoms with E-state index in [0.717, 1.165) is 24.8 Å². The van der Waals surface area contributed by atoms with E-state index >= 15 is 0 Å². The summed E-state index contributed by atoms with van der Waals surface area (Å²) in [4.78, 5) is 23.1. The Hall–Kier alpha value is -0.960. The quantitative estimate of drug-likeness (QED) is 0.166. The van der Waals surface area contributed by atoms with Gasteiger partial charge in [0, 0.05) is 0 Å². The predicted octanol–water partition coefficient (Wildman–Crippen LogP) is 6.05. The van der Waals surface area contributed by atoms with Gasteiger partial charge in [-0.25, -0.2) is 0 Å². The van der Waals surface area contributed by atoms with E-state index in [1.54, 1.807) is 0 Å². The van der Waals surface area contributed by atoms with Gasteiger partial charge in [-0.05, 0) is 18.4 Å². The minimum Gasteiger partial charge on any atom is -0.295 e. The maximum absolute atomic E-state index is 12.1. The van der Waals surface area contributed by atoms with Gasteiger partial charge in [-0.2, -0.15) is 0 Å². The van der Waals surface area contributed by atoms with Crippen molar-refractivity contribution in [3.63, 3.8) is 0 Å². The molecule has 134 valence electrons. The summed E-state index contributed by atoms with van der Waals surface area (Å²) in [5.41, 5.74) is 1.08. The van der Waals surface area contributed by atoms with Crippen LogP contribution >= 0.6 is 15.9 Å². The van der Waals surface area contributed by atoms with Gasteiger partial charge < -0.3 is 0 Å². The zero-order valence-electron chi connectivity index (χ0n) is 14.9. The maximum atomic E-state index is 12.1. The van der Waals surface area contributed by atoms with Crippen LogP contribution in [0.3, 0.4) is 0 Å². The molecule has 0 aliphatic heterocycles. The molecule has 0 aliphatic rings. The molecule has 0 spiro atoms. The fourth-order valence-corrected chi connectivity index (χ4v) is 3.74. The van der Waals surface area contributed by atoms with E-state index < -0.39 is 4.32 Å². The molecule has 0 saturated heterocycles. The normalized spacial score (nSPS) is 13.4. The number of hydrogen-bond acceptors (Lipinski definition) is 2. The molecule has 3 heteroatoms. The first kappa shape index (κ1) is 21.1. The SMILES string of the molecule is CCCCCCCCCCCC(Br)(Cc1ccccc1)C(=O)C=O. The smallest absolute Gasteiger partial charge is 0.212 e. The average Bonchev–Trinajstić information content (AvgIpc) is 2.60. The molecule has 1 unspecified atom stereocenters. The highest BCUT2D eigenvalue weighted by Gasteiger charge is 2.34. The van der Waals surface area contributed by atoms with Crippen LogP contribution in [0.15, 0.2) is 30.3 Å². The molecule has 0 N–H and O–H groups in total. The second-order valence-electron chi connectivity index (χ2n) is 6.69. The summed E-state index contributed by atoms with van der Waals surface area (Å²) in [5.74, 6) is -0.342. The van der Waals surface area contributed by atoms with Gasteiger partial charge in [0.2, 0.25) is 5.78 Å². The molecular formula is C21H31BrO2. The number of alkyl halides is 1. The van der Waals surface area contributed by atoms with Crippen molar-refractivity contribution in [1.29, 1.82) is 0 Å². The molecule has 1 atom stereocenters. The molecule has 24 heavy (non-hydrogen) atoms. The highest BCUT2D eigenvalue weighted by molar-refractivity contribution is 9.10. The van der Waals surface area contributed by atoms with Crippen LogP contribution in [0, 0.1) is 0 Å². The molecule has 0 saturated carbocycles. The van der Waals surface area contributed by atoms with Crippen molar-refractivity contribution in [2.24, 2.45) is 0 Å². The number of benzene rings is 1. The molecule has 1 aromatic rings. The Bertz CT molecular complexity index is 472. The maximum Gasteiger partial charge on any atom is 0.212 e.